The summed E-state index contributed by atoms with van der Waals surface area (Å²) in [5, 5.41) is 4.88. The Morgan fingerprint density at radius 3 is 2.44 bits per heavy atom. The molecule has 0 spiro atoms. The normalized spacial score (nSPS) is 11.7. The third-order valence-corrected chi connectivity index (χ3v) is 4.53. The molecule has 1 unspecified atom stereocenters. The zero-order valence-electron chi connectivity index (χ0n) is 15.2. The van der Waals surface area contributed by atoms with Crippen LogP contribution in [0.4, 0.5) is 5.69 Å². The monoisotopic (exact) mass is 363 g/mol. The van der Waals surface area contributed by atoms with Crippen LogP contribution in [0.2, 0.25) is 0 Å². The molecule has 0 fully saturated rings. The number of rotatable bonds is 5. The maximum absolute atomic E-state index is 12.7. The molecule has 0 aromatic heterocycles. The zero-order valence-corrected chi connectivity index (χ0v) is 15.2. The van der Waals surface area contributed by atoms with Crippen molar-refractivity contribution in [3.05, 3.63) is 71.8 Å². The Labute approximate surface area is 157 Å². The second-order valence-corrected chi connectivity index (χ2v) is 6.20. The Bertz CT molecular complexity index is 1000. The van der Waals surface area contributed by atoms with Gasteiger partial charge in [0.05, 0.1) is 24.3 Å². The van der Waals surface area contributed by atoms with Crippen molar-refractivity contribution >= 4 is 28.3 Å². The van der Waals surface area contributed by atoms with Gasteiger partial charge in [-0.3, -0.25) is 15.0 Å². The van der Waals surface area contributed by atoms with E-state index in [1.54, 1.807) is 31.4 Å². The van der Waals surface area contributed by atoms with E-state index in [4.69, 9.17) is 10.6 Å². The number of nitrogens with two attached hydrogens (primary N) is 1. The van der Waals surface area contributed by atoms with Crippen LogP contribution >= 0.6 is 0 Å². The summed E-state index contributed by atoms with van der Waals surface area (Å²) in [6, 6.07) is 18.4. The topological polar surface area (TPSA) is 93.4 Å². The maximum atomic E-state index is 12.7. The zero-order chi connectivity index (χ0) is 19.4. The number of para-hydroxylation sites is 1. The van der Waals surface area contributed by atoms with Crippen LogP contribution < -0.4 is 21.3 Å². The van der Waals surface area contributed by atoms with Crippen molar-refractivity contribution in [2.45, 2.75) is 12.8 Å². The van der Waals surface area contributed by atoms with Crippen LogP contribution in [-0.2, 0) is 4.79 Å². The lowest BCUT2D eigenvalue weighted by molar-refractivity contribution is -0.117. The first-order chi connectivity index (χ1) is 13.0. The number of hydrogen-bond acceptors (Lipinski definition) is 4. The molecule has 0 saturated heterocycles. The second kappa shape index (κ2) is 7.88. The Morgan fingerprint density at radius 2 is 1.70 bits per heavy atom. The quantitative estimate of drug-likeness (QED) is 0.369. The predicted molar refractivity (Wildman–Crippen MR) is 106 cm³/mol. The average molecular weight is 363 g/mol. The highest BCUT2D eigenvalue weighted by Crippen LogP contribution is 2.26. The van der Waals surface area contributed by atoms with Gasteiger partial charge in [0.15, 0.2) is 0 Å². The fourth-order valence-corrected chi connectivity index (χ4v) is 2.90. The van der Waals surface area contributed by atoms with Crippen molar-refractivity contribution in [3.63, 3.8) is 0 Å². The molecule has 0 bridgehead atoms. The number of carbonyl (C=O) groups is 2. The van der Waals surface area contributed by atoms with E-state index in [2.05, 4.69) is 10.7 Å². The number of hydrazine groups is 1. The Balaban J connectivity index is 1.84. The molecule has 2 amide bonds. The van der Waals surface area contributed by atoms with Gasteiger partial charge in [0.25, 0.3) is 5.91 Å². The highest BCUT2D eigenvalue weighted by atomic mass is 16.5. The summed E-state index contributed by atoms with van der Waals surface area (Å²) in [4.78, 5) is 24.6. The summed E-state index contributed by atoms with van der Waals surface area (Å²) in [5.74, 6) is 4.93. The van der Waals surface area contributed by atoms with Gasteiger partial charge in [0.2, 0.25) is 5.91 Å². The van der Waals surface area contributed by atoms with Crippen LogP contribution in [-0.4, -0.2) is 18.9 Å². The van der Waals surface area contributed by atoms with Crippen molar-refractivity contribution in [2.75, 3.05) is 12.4 Å². The minimum atomic E-state index is -0.460. The number of nitrogen functional groups attached to an aromatic ring is 1. The second-order valence-electron chi connectivity index (χ2n) is 6.20. The van der Waals surface area contributed by atoms with Gasteiger partial charge in [-0.2, -0.15) is 0 Å². The molecule has 3 aromatic rings. The van der Waals surface area contributed by atoms with Crippen LogP contribution in [0.5, 0.6) is 5.75 Å². The molecular formula is C21H21N3O3. The van der Waals surface area contributed by atoms with Gasteiger partial charge in [-0.1, -0.05) is 36.4 Å². The van der Waals surface area contributed by atoms with E-state index in [9.17, 15) is 9.59 Å². The lowest BCUT2D eigenvalue weighted by Crippen LogP contribution is -2.31. The number of nitrogens with one attached hydrogen (secondary N) is 2. The fraction of sp³-hybridized carbons (Fsp3) is 0.143. The molecule has 0 radical (unpaired) electrons. The van der Waals surface area contributed by atoms with Gasteiger partial charge in [-0.15, -0.1) is 0 Å². The number of ether oxygens (including phenoxy) is 1. The summed E-state index contributed by atoms with van der Waals surface area (Å²) >= 11 is 0. The average Bonchev–Trinajstić information content (AvgIpc) is 2.72. The van der Waals surface area contributed by atoms with E-state index >= 15 is 0 Å². The molecular weight excluding hydrogens is 342 g/mol. The lowest BCUT2D eigenvalue weighted by atomic mass is 9.96. The van der Waals surface area contributed by atoms with Crippen molar-refractivity contribution in [3.8, 4) is 5.75 Å². The number of amides is 2. The molecule has 3 rings (SSSR count). The van der Waals surface area contributed by atoms with Gasteiger partial charge in [-0.05, 0) is 47.5 Å². The molecule has 4 N–H and O–H groups in total. The van der Waals surface area contributed by atoms with E-state index in [0.717, 1.165) is 22.1 Å². The van der Waals surface area contributed by atoms with Crippen molar-refractivity contribution in [1.82, 2.24) is 5.43 Å². The number of fused-ring (bicyclic) bond motifs is 1. The van der Waals surface area contributed by atoms with Crippen LogP contribution in [0.15, 0.2) is 60.7 Å². The van der Waals surface area contributed by atoms with E-state index in [0.29, 0.717) is 11.3 Å². The number of anilines is 1. The molecule has 6 heteroatoms. The lowest BCUT2D eigenvalue weighted by Gasteiger charge is -2.15. The van der Waals surface area contributed by atoms with Gasteiger partial charge < -0.3 is 10.1 Å². The smallest absolute Gasteiger partial charge is 0.267 e. The van der Waals surface area contributed by atoms with Gasteiger partial charge in [0, 0.05) is 0 Å². The molecule has 0 aliphatic rings. The first kappa shape index (κ1) is 18.4. The largest absolute Gasteiger partial charge is 0.497 e. The first-order valence-electron chi connectivity index (χ1n) is 8.52. The third-order valence-electron chi connectivity index (χ3n) is 4.53. The van der Waals surface area contributed by atoms with E-state index < -0.39 is 11.8 Å². The Kier molecular flexibility index (Phi) is 5.38. The van der Waals surface area contributed by atoms with Gasteiger partial charge in [0.1, 0.15) is 5.75 Å². The van der Waals surface area contributed by atoms with E-state index in [-0.39, 0.29) is 5.91 Å². The Morgan fingerprint density at radius 1 is 1.00 bits per heavy atom. The molecule has 0 saturated carbocycles. The SMILES string of the molecule is COc1ccc2cc(C(C)C(=O)Nc3ccccc3C(=O)NN)ccc2c1. The molecule has 0 aliphatic heterocycles. The third kappa shape index (κ3) is 3.91. The first-order valence-corrected chi connectivity index (χ1v) is 8.52. The number of hydrogen-bond donors (Lipinski definition) is 3. The summed E-state index contributed by atoms with van der Waals surface area (Å²) in [6.07, 6.45) is 0. The van der Waals surface area contributed by atoms with Crippen LogP contribution in [0.25, 0.3) is 10.8 Å². The minimum Gasteiger partial charge on any atom is -0.497 e. The van der Waals surface area contributed by atoms with E-state index in [1.165, 1.54) is 0 Å². The molecule has 138 valence electrons. The summed E-state index contributed by atoms with van der Waals surface area (Å²) in [5.41, 5.74) is 3.70. The van der Waals surface area contributed by atoms with Crippen LogP contribution in [0.1, 0.15) is 28.8 Å². The molecule has 1 atom stereocenters. The van der Waals surface area contributed by atoms with Crippen molar-refractivity contribution in [2.24, 2.45) is 5.84 Å². The number of methoxy groups -OCH3 is 1. The molecule has 0 aliphatic carbocycles. The molecule has 27 heavy (non-hydrogen) atoms. The summed E-state index contributed by atoms with van der Waals surface area (Å²) < 4.78 is 5.24. The standard InChI is InChI=1S/C21H21N3O3/c1-13(14-7-8-16-12-17(27-2)10-9-15(16)11-14)20(25)23-19-6-4-3-5-18(19)21(26)24-22/h3-13H,22H2,1-2H3,(H,23,25)(H,24,26). The van der Waals surface area contributed by atoms with Crippen LogP contribution in [0, 0.1) is 0 Å². The predicted octanol–water partition coefficient (Wildman–Crippen LogP) is 3.19. The Hall–Kier alpha value is -3.38. The highest BCUT2D eigenvalue weighted by Gasteiger charge is 2.18. The van der Waals surface area contributed by atoms with Gasteiger partial charge in [-0.25, -0.2) is 5.84 Å². The highest BCUT2D eigenvalue weighted by molar-refractivity contribution is 6.05. The summed E-state index contributed by atoms with van der Waals surface area (Å²) in [6.45, 7) is 1.83. The fourth-order valence-electron chi connectivity index (χ4n) is 2.90. The molecule has 0 heterocycles. The maximum Gasteiger partial charge on any atom is 0.267 e. The van der Waals surface area contributed by atoms with Gasteiger partial charge >= 0.3 is 0 Å². The van der Waals surface area contributed by atoms with Crippen molar-refractivity contribution in [1.29, 1.82) is 0 Å². The van der Waals surface area contributed by atoms with Crippen molar-refractivity contribution < 1.29 is 14.3 Å². The summed E-state index contributed by atoms with van der Waals surface area (Å²) in [7, 11) is 1.63. The molecule has 3 aromatic carbocycles. The number of carbonyl (C=O) groups excluding carboxylic acids is 2. The molecule has 6 nitrogen and oxygen atoms in total. The van der Waals surface area contributed by atoms with Crippen LogP contribution in [0.3, 0.4) is 0 Å². The number of benzene rings is 3. The minimum absolute atomic E-state index is 0.208. The van der Waals surface area contributed by atoms with E-state index in [1.807, 2.05) is 43.3 Å².